The van der Waals surface area contributed by atoms with Gasteiger partial charge in [-0.05, 0) is 13.3 Å². The first kappa shape index (κ1) is 11.9. The average Bonchev–Trinajstić information content (AvgIpc) is 2.83. The third-order valence-electron chi connectivity index (χ3n) is 2.71. The van der Waals surface area contributed by atoms with Gasteiger partial charge in [-0.3, -0.25) is 0 Å². The number of nitrogens with zero attached hydrogens (tertiary/aromatic N) is 2. The Morgan fingerprint density at radius 1 is 1.59 bits per heavy atom. The highest BCUT2D eigenvalue weighted by atomic mass is 16.5. The fourth-order valence-corrected chi connectivity index (χ4v) is 1.76. The molecule has 1 aromatic heterocycles. The highest BCUT2D eigenvalue weighted by molar-refractivity contribution is 5.66. The van der Waals surface area contributed by atoms with Gasteiger partial charge in [0.1, 0.15) is 12.0 Å². The Balaban J connectivity index is 1.97. The summed E-state index contributed by atoms with van der Waals surface area (Å²) < 4.78 is 10.6. The van der Waals surface area contributed by atoms with Crippen molar-refractivity contribution >= 4 is 11.5 Å². The van der Waals surface area contributed by atoms with E-state index in [1.165, 1.54) is 6.33 Å². The number of nitrogens with one attached hydrogen (secondary N) is 1. The summed E-state index contributed by atoms with van der Waals surface area (Å²) >= 11 is 0. The molecule has 1 aromatic rings. The monoisotopic (exact) mass is 238 g/mol. The Bertz CT molecular complexity index is 366. The first-order valence-corrected chi connectivity index (χ1v) is 5.86. The van der Waals surface area contributed by atoms with Crippen molar-refractivity contribution in [3.05, 3.63) is 6.33 Å². The fraction of sp³-hybridized carbons (Fsp3) is 0.636. The molecule has 6 heteroatoms. The molecule has 0 aliphatic carbocycles. The van der Waals surface area contributed by atoms with Crippen molar-refractivity contribution in [2.75, 3.05) is 37.4 Å². The van der Waals surface area contributed by atoms with Crippen LogP contribution in [0.5, 0.6) is 5.88 Å². The molecule has 0 spiro atoms. The molecule has 3 N–H and O–H groups in total. The molecule has 94 valence electrons. The molecule has 1 unspecified atom stereocenters. The van der Waals surface area contributed by atoms with Crippen LogP contribution < -0.4 is 15.8 Å². The molecule has 0 bridgehead atoms. The minimum Gasteiger partial charge on any atom is -0.476 e. The van der Waals surface area contributed by atoms with Gasteiger partial charge in [-0.25, -0.2) is 4.98 Å². The van der Waals surface area contributed by atoms with E-state index in [0.717, 1.165) is 26.2 Å². The molecule has 1 fully saturated rings. The molecule has 1 aliphatic heterocycles. The van der Waals surface area contributed by atoms with E-state index >= 15 is 0 Å². The number of nitrogens with two attached hydrogens (primary N) is 1. The van der Waals surface area contributed by atoms with Crippen LogP contribution in [0.15, 0.2) is 6.33 Å². The van der Waals surface area contributed by atoms with Gasteiger partial charge < -0.3 is 20.5 Å². The maximum absolute atomic E-state index is 5.91. The lowest BCUT2D eigenvalue weighted by Crippen LogP contribution is -2.16. The highest BCUT2D eigenvalue weighted by Crippen LogP contribution is 2.25. The molecule has 0 saturated carbocycles. The largest absolute Gasteiger partial charge is 0.476 e. The molecule has 0 radical (unpaired) electrons. The van der Waals surface area contributed by atoms with Crippen molar-refractivity contribution in [3.63, 3.8) is 0 Å². The van der Waals surface area contributed by atoms with Crippen molar-refractivity contribution in [3.8, 4) is 5.88 Å². The zero-order chi connectivity index (χ0) is 12.1. The SMILES string of the molecule is CCOc1ncnc(NCC2CCOC2)c1N. The van der Waals surface area contributed by atoms with Gasteiger partial charge in [0, 0.05) is 19.1 Å². The van der Waals surface area contributed by atoms with Gasteiger partial charge in [0.15, 0.2) is 5.82 Å². The number of anilines is 2. The van der Waals surface area contributed by atoms with Crippen LogP contribution in [0.2, 0.25) is 0 Å². The van der Waals surface area contributed by atoms with E-state index in [0.29, 0.717) is 29.9 Å². The minimum atomic E-state index is 0.438. The van der Waals surface area contributed by atoms with Gasteiger partial charge in [0.2, 0.25) is 5.88 Å². The lowest BCUT2D eigenvalue weighted by Gasteiger charge is -2.13. The molecule has 1 atom stereocenters. The number of nitrogen functional groups attached to an aromatic ring is 1. The first-order chi connectivity index (χ1) is 8.31. The van der Waals surface area contributed by atoms with Crippen LogP contribution in [-0.2, 0) is 4.74 Å². The molecule has 0 aromatic carbocycles. The van der Waals surface area contributed by atoms with Gasteiger partial charge >= 0.3 is 0 Å². The number of hydrogen-bond acceptors (Lipinski definition) is 6. The molecule has 0 amide bonds. The van der Waals surface area contributed by atoms with Crippen LogP contribution in [0.3, 0.4) is 0 Å². The fourth-order valence-electron chi connectivity index (χ4n) is 1.76. The van der Waals surface area contributed by atoms with Gasteiger partial charge in [-0.2, -0.15) is 4.98 Å². The smallest absolute Gasteiger partial charge is 0.242 e. The first-order valence-electron chi connectivity index (χ1n) is 5.86. The number of aromatic nitrogens is 2. The Morgan fingerprint density at radius 3 is 3.18 bits per heavy atom. The van der Waals surface area contributed by atoms with E-state index in [-0.39, 0.29) is 0 Å². The van der Waals surface area contributed by atoms with Gasteiger partial charge in [0.05, 0.1) is 13.2 Å². The lowest BCUT2D eigenvalue weighted by molar-refractivity contribution is 0.187. The van der Waals surface area contributed by atoms with Crippen molar-refractivity contribution in [2.24, 2.45) is 5.92 Å². The Kier molecular flexibility index (Phi) is 3.98. The van der Waals surface area contributed by atoms with Gasteiger partial charge in [0.25, 0.3) is 0 Å². The van der Waals surface area contributed by atoms with Crippen LogP contribution in [0.4, 0.5) is 11.5 Å². The second-order valence-corrected chi connectivity index (χ2v) is 3.98. The second-order valence-electron chi connectivity index (χ2n) is 3.98. The summed E-state index contributed by atoms with van der Waals surface area (Å²) in [7, 11) is 0. The standard InChI is InChI=1S/C11H18N4O2/c1-2-17-11-9(12)10(14-7-15-11)13-5-8-3-4-16-6-8/h7-8H,2-6,12H2,1H3,(H,13,14,15). The summed E-state index contributed by atoms with van der Waals surface area (Å²) in [5, 5.41) is 3.22. The van der Waals surface area contributed by atoms with E-state index in [1.54, 1.807) is 0 Å². The van der Waals surface area contributed by atoms with Gasteiger partial charge in [-0.1, -0.05) is 0 Å². The van der Waals surface area contributed by atoms with Crippen LogP contribution >= 0.6 is 0 Å². The van der Waals surface area contributed by atoms with Crippen LogP contribution in [0.25, 0.3) is 0 Å². The Hall–Kier alpha value is -1.56. The predicted molar refractivity (Wildman–Crippen MR) is 65.0 cm³/mol. The third-order valence-corrected chi connectivity index (χ3v) is 2.71. The molecule has 17 heavy (non-hydrogen) atoms. The molecule has 2 rings (SSSR count). The molecular formula is C11H18N4O2. The third kappa shape index (κ3) is 2.97. The lowest BCUT2D eigenvalue weighted by atomic mass is 10.1. The minimum absolute atomic E-state index is 0.438. The maximum Gasteiger partial charge on any atom is 0.242 e. The molecule has 6 nitrogen and oxygen atoms in total. The normalized spacial score (nSPS) is 19.2. The number of hydrogen-bond donors (Lipinski definition) is 2. The molecule has 2 heterocycles. The average molecular weight is 238 g/mol. The highest BCUT2D eigenvalue weighted by Gasteiger charge is 2.16. The Morgan fingerprint density at radius 2 is 2.47 bits per heavy atom. The van der Waals surface area contributed by atoms with E-state index in [4.69, 9.17) is 15.2 Å². The predicted octanol–water partition coefficient (Wildman–Crippen LogP) is 0.906. The van der Waals surface area contributed by atoms with E-state index in [1.807, 2.05) is 6.92 Å². The number of rotatable bonds is 5. The Labute approximate surface area is 101 Å². The zero-order valence-corrected chi connectivity index (χ0v) is 9.98. The summed E-state index contributed by atoms with van der Waals surface area (Å²) in [6, 6.07) is 0. The summed E-state index contributed by atoms with van der Waals surface area (Å²) in [6.07, 6.45) is 2.53. The summed E-state index contributed by atoms with van der Waals surface area (Å²) in [5.41, 5.74) is 6.38. The van der Waals surface area contributed by atoms with Crippen molar-refractivity contribution in [1.29, 1.82) is 0 Å². The van der Waals surface area contributed by atoms with Crippen LogP contribution in [-0.4, -0.2) is 36.3 Å². The molecule has 1 saturated heterocycles. The van der Waals surface area contributed by atoms with Crippen molar-refractivity contribution < 1.29 is 9.47 Å². The van der Waals surface area contributed by atoms with Crippen LogP contribution in [0, 0.1) is 5.92 Å². The quantitative estimate of drug-likeness (QED) is 0.793. The summed E-state index contributed by atoms with van der Waals surface area (Å²) in [6.45, 7) is 4.89. The van der Waals surface area contributed by atoms with Crippen molar-refractivity contribution in [1.82, 2.24) is 9.97 Å². The van der Waals surface area contributed by atoms with Gasteiger partial charge in [-0.15, -0.1) is 0 Å². The summed E-state index contributed by atoms with van der Waals surface area (Å²) in [5.74, 6) is 1.60. The maximum atomic E-state index is 5.91. The zero-order valence-electron chi connectivity index (χ0n) is 9.98. The van der Waals surface area contributed by atoms with E-state index in [9.17, 15) is 0 Å². The van der Waals surface area contributed by atoms with Crippen molar-refractivity contribution in [2.45, 2.75) is 13.3 Å². The second kappa shape index (κ2) is 5.67. The van der Waals surface area contributed by atoms with Crippen LogP contribution in [0.1, 0.15) is 13.3 Å². The molecular weight excluding hydrogens is 220 g/mol. The van der Waals surface area contributed by atoms with E-state index in [2.05, 4.69) is 15.3 Å². The van der Waals surface area contributed by atoms with E-state index < -0.39 is 0 Å². The number of ether oxygens (including phenoxy) is 2. The summed E-state index contributed by atoms with van der Waals surface area (Å²) in [4.78, 5) is 8.10. The molecule has 1 aliphatic rings. The topological polar surface area (TPSA) is 82.3 Å².